The van der Waals surface area contributed by atoms with Crippen molar-refractivity contribution in [3.05, 3.63) is 23.8 Å². The lowest BCUT2D eigenvalue weighted by Gasteiger charge is -2.16. The Bertz CT molecular complexity index is 559. The molecule has 1 atom stereocenters. The minimum Gasteiger partial charge on any atom is -0.399 e. The van der Waals surface area contributed by atoms with Crippen LogP contribution in [0.3, 0.4) is 0 Å². The zero-order chi connectivity index (χ0) is 14.8. The Morgan fingerprint density at radius 1 is 1.26 bits per heavy atom. The summed E-state index contributed by atoms with van der Waals surface area (Å²) in [6.07, 6.45) is 0.589. The summed E-state index contributed by atoms with van der Waals surface area (Å²) in [7, 11) is -4.13. The van der Waals surface area contributed by atoms with Crippen molar-refractivity contribution in [1.29, 1.82) is 0 Å². The van der Waals surface area contributed by atoms with Crippen LogP contribution >= 0.6 is 0 Å². The third-order valence-electron chi connectivity index (χ3n) is 2.49. The van der Waals surface area contributed by atoms with Crippen molar-refractivity contribution in [2.24, 2.45) is 5.92 Å². The third-order valence-corrected chi connectivity index (χ3v) is 4.08. The number of benzene rings is 1. The van der Waals surface area contributed by atoms with Crippen LogP contribution in [0.4, 0.5) is 14.5 Å². The highest BCUT2D eigenvalue weighted by Crippen LogP contribution is 2.21. The van der Waals surface area contributed by atoms with E-state index in [1.807, 2.05) is 13.8 Å². The summed E-state index contributed by atoms with van der Waals surface area (Å²) in [5.74, 6) is -2.42. The molecule has 0 radical (unpaired) electrons. The van der Waals surface area contributed by atoms with Gasteiger partial charge in [-0.05, 0) is 31.4 Å². The Kier molecular flexibility index (Phi) is 4.86. The number of nitrogens with one attached hydrogen (secondary N) is 1. The fraction of sp³-hybridized carbons (Fsp3) is 0.500. The molecule has 0 fully saturated rings. The zero-order valence-electron chi connectivity index (χ0n) is 11.1. The summed E-state index contributed by atoms with van der Waals surface area (Å²) < 4.78 is 53.0. The number of rotatable bonds is 5. The van der Waals surface area contributed by atoms with Crippen molar-refractivity contribution in [3.63, 3.8) is 0 Å². The molecule has 1 rings (SSSR count). The normalized spacial score (nSPS) is 13.8. The van der Waals surface area contributed by atoms with E-state index in [0.29, 0.717) is 6.42 Å². The van der Waals surface area contributed by atoms with Crippen LogP contribution in [-0.4, -0.2) is 14.5 Å². The molecule has 1 unspecified atom stereocenters. The quantitative estimate of drug-likeness (QED) is 0.818. The van der Waals surface area contributed by atoms with Gasteiger partial charge in [0, 0.05) is 11.7 Å². The highest BCUT2D eigenvalue weighted by molar-refractivity contribution is 7.89. The highest BCUT2D eigenvalue weighted by atomic mass is 32.2. The van der Waals surface area contributed by atoms with Gasteiger partial charge in [0.2, 0.25) is 10.0 Å². The molecule has 108 valence electrons. The van der Waals surface area contributed by atoms with E-state index in [-0.39, 0.29) is 17.6 Å². The van der Waals surface area contributed by atoms with E-state index in [0.717, 1.165) is 12.1 Å². The molecule has 7 heteroatoms. The average Bonchev–Trinajstić information content (AvgIpc) is 2.20. The lowest BCUT2D eigenvalue weighted by atomic mass is 10.1. The van der Waals surface area contributed by atoms with E-state index >= 15 is 0 Å². The van der Waals surface area contributed by atoms with E-state index in [1.54, 1.807) is 6.92 Å². The number of nitrogens with two attached hydrogens (primary N) is 1. The van der Waals surface area contributed by atoms with Gasteiger partial charge in [-0.3, -0.25) is 0 Å². The first-order chi connectivity index (χ1) is 8.63. The number of halogens is 2. The fourth-order valence-corrected chi connectivity index (χ4v) is 3.24. The minimum absolute atomic E-state index is 0.143. The molecule has 0 amide bonds. The smallest absolute Gasteiger partial charge is 0.243 e. The predicted octanol–water partition coefficient (Wildman–Crippen LogP) is 2.26. The van der Waals surface area contributed by atoms with Gasteiger partial charge in [-0.2, -0.15) is 0 Å². The predicted molar refractivity (Wildman–Crippen MR) is 70.0 cm³/mol. The summed E-state index contributed by atoms with van der Waals surface area (Å²) in [6.45, 7) is 5.54. The number of sulfonamides is 1. The Hall–Kier alpha value is -1.21. The third kappa shape index (κ3) is 4.14. The van der Waals surface area contributed by atoms with Crippen LogP contribution in [0.1, 0.15) is 27.2 Å². The standard InChI is InChI=1S/C12H18F2N2O2S/c1-7(2)4-8(3)16-19(17,18)11-6-9(15)5-10(13)12(11)14/h5-8,16H,4,15H2,1-3H3. The zero-order valence-corrected chi connectivity index (χ0v) is 11.9. The first-order valence-electron chi connectivity index (χ1n) is 5.90. The fourth-order valence-electron chi connectivity index (χ4n) is 1.86. The van der Waals surface area contributed by atoms with Crippen LogP contribution in [0, 0.1) is 17.6 Å². The van der Waals surface area contributed by atoms with Gasteiger partial charge in [-0.25, -0.2) is 21.9 Å². The Balaban J connectivity index is 3.07. The van der Waals surface area contributed by atoms with Gasteiger partial charge in [0.15, 0.2) is 11.6 Å². The molecule has 0 bridgehead atoms. The largest absolute Gasteiger partial charge is 0.399 e. The van der Waals surface area contributed by atoms with Gasteiger partial charge in [0.25, 0.3) is 0 Å². The summed E-state index contributed by atoms with van der Waals surface area (Å²) in [4.78, 5) is -0.763. The number of hydrogen-bond acceptors (Lipinski definition) is 3. The lowest BCUT2D eigenvalue weighted by molar-refractivity contribution is 0.468. The van der Waals surface area contributed by atoms with Crippen LogP contribution in [-0.2, 0) is 10.0 Å². The molecule has 3 N–H and O–H groups in total. The van der Waals surface area contributed by atoms with E-state index in [1.165, 1.54) is 0 Å². The van der Waals surface area contributed by atoms with Gasteiger partial charge in [0.05, 0.1) is 0 Å². The van der Waals surface area contributed by atoms with Crippen molar-refractivity contribution in [2.45, 2.75) is 38.1 Å². The van der Waals surface area contributed by atoms with Crippen LogP contribution in [0.25, 0.3) is 0 Å². The van der Waals surface area contributed by atoms with Crippen LogP contribution < -0.4 is 10.5 Å². The molecule has 4 nitrogen and oxygen atoms in total. The molecule has 1 aromatic rings. The maximum Gasteiger partial charge on any atom is 0.243 e. The van der Waals surface area contributed by atoms with Gasteiger partial charge in [-0.15, -0.1) is 0 Å². The summed E-state index contributed by atoms with van der Waals surface area (Å²) >= 11 is 0. The van der Waals surface area contributed by atoms with Crippen LogP contribution in [0.15, 0.2) is 17.0 Å². The lowest BCUT2D eigenvalue weighted by Crippen LogP contribution is -2.34. The SMILES string of the molecule is CC(C)CC(C)NS(=O)(=O)c1cc(N)cc(F)c1F. The van der Waals surface area contributed by atoms with Crippen molar-refractivity contribution < 1.29 is 17.2 Å². The molecule has 0 aliphatic heterocycles. The number of hydrogen-bond donors (Lipinski definition) is 2. The van der Waals surface area contributed by atoms with E-state index < -0.39 is 26.6 Å². The Morgan fingerprint density at radius 2 is 1.84 bits per heavy atom. The van der Waals surface area contributed by atoms with Gasteiger partial charge < -0.3 is 5.73 Å². The average molecular weight is 292 g/mol. The van der Waals surface area contributed by atoms with Crippen LogP contribution in [0.2, 0.25) is 0 Å². The molecule has 0 spiro atoms. The molecule has 0 aliphatic rings. The topological polar surface area (TPSA) is 72.2 Å². The van der Waals surface area contributed by atoms with E-state index in [2.05, 4.69) is 4.72 Å². The second-order valence-electron chi connectivity index (χ2n) is 4.97. The minimum atomic E-state index is -4.13. The number of anilines is 1. The van der Waals surface area contributed by atoms with E-state index in [9.17, 15) is 17.2 Å². The highest BCUT2D eigenvalue weighted by Gasteiger charge is 2.24. The van der Waals surface area contributed by atoms with Crippen molar-refractivity contribution in [3.8, 4) is 0 Å². The summed E-state index contributed by atoms with van der Waals surface area (Å²) in [5, 5.41) is 0. The molecular formula is C12H18F2N2O2S. The van der Waals surface area contributed by atoms with E-state index in [4.69, 9.17) is 5.73 Å². The molecule has 0 saturated carbocycles. The monoisotopic (exact) mass is 292 g/mol. The second-order valence-corrected chi connectivity index (χ2v) is 6.65. The summed E-state index contributed by atoms with van der Waals surface area (Å²) in [6, 6.07) is 1.27. The molecule has 0 aromatic heterocycles. The van der Waals surface area contributed by atoms with Gasteiger partial charge in [0.1, 0.15) is 4.90 Å². The molecular weight excluding hydrogens is 274 g/mol. The molecule has 19 heavy (non-hydrogen) atoms. The molecule has 0 heterocycles. The van der Waals surface area contributed by atoms with Crippen molar-refractivity contribution in [2.75, 3.05) is 5.73 Å². The first kappa shape index (κ1) is 15.8. The van der Waals surface area contributed by atoms with Crippen molar-refractivity contribution >= 4 is 15.7 Å². The van der Waals surface area contributed by atoms with Gasteiger partial charge >= 0.3 is 0 Å². The van der Waals surface area contributed by atoms with Gasteiger partial charge in [-0.1, -0.05) is 13.8 Å². The molecule has 1 aromatic carbocycles. The Morgan fingerprint density at radius 3 is 2.37 bits per heavy atom. The molecule has 0 saturated heterocycles. The Labute approximate surface area is 112 Å². The molecule has 0 aliphatic carbocycles. The van der Waals surface area contributed by atoms with Crippen molar-refractivity contribution in [1.82, 2.24) is 4.72 Å². The summed E-state index contributed by atoms with van der Waals surface area (Å²) in [5.41, 5.74) is 5.19. The maximum absolute atomic E-state index is 13.5. The first-order valence-corrected chi connectivity index (χ1v) is 7.38. The van der Waals surface area contributed by atoms with Crippen LogP contribution in [0.5, 0.6) is 0 Å². The maximum atomic E-state index is 13.5. The second kappa shape index (κ2) is 5.83. The number of nitrogen functional groups attached to an aromatic ring is 1.